The highest BCUT2D eigenvalue weighted by Crippen LogP contribution is 2.33. The first kappa shape index (κ1) is 11.5. The van der Waals surface area contributed by atoms with Crippen molar-refractivity contribution in [2.75, 3.05) is 0 Å². The molecule has 0 amide bonds. The number of aromatic nitrogens is 2. The molecule has 1 aromatic heterocycles. The van der Waals surface area contributed by atoms with Gasteiger partial charge in [0.2, 0.25) is 0 Å². The van der Waals surface area contributed by atoms with E-state index in [0.29, 0.717) is 0 Å². The van der Waals surface area contributed by atoms with Crippen LogP contribution in [0.4, 0.5) is 13.2 Å². The lowest BCUT2D eigenvalue weighted by Crippen LogP contribution is -2.13. The van der Waals surface area contributed by atoms with Crippen LogP contribution in [-0.2, 0) is 6.18 Å². The number of nitrogens with one attached hydrogen (secondary N) is 1. The van der Waals surface area contributed by atoms with Crippen molar-refractivity contribution < 1.29 is 23.1 Å². The summed E-state index contributed by atoms with van der Waals surface area (Å²) in [6, 6.07) is 0. The first-order chi connectivity index (χ1) is 6.75. The molecule has 0 aromatic carbocycles. The number of rotatable bonds is 2. The maximum atomic E-state index is 12.3. The Kier molecular flexibility index (Phi) is 2.74. The quantitative estimate of drug-likeness (QED) is 0.806. The van der Waals surface area contributed by atoms with Crippen molar-refractivity contribution in [3.05, 3.63) is 17.0 Å². The Balaban J connectivity index is 3.37. The number of carboxylic acid groups (broad SMARTS) is 1. The van der Waals surface area contributed by atoms with Gasteiger partial charge in [-0.05, 0) is 5.92 Å². The maximum absolute atomic E-state index is 12.3. The molecule has 4 nitrogen and oxygen atoms in total. The number of aromatic carboxylic acids is 1. The molecule has 0 bridgehead atoms. The molecule has 1 heterocycles. The van der Waals surface area contributed by atoms with Crippen molar-refractivity contribution in [1.29, 1.82) is 0 Å². The van der Waals surface area contributed by atoms with Gasteiger partial charge >= 0.3 is 12.1 Å². The Morgan fingerprint density at radius 2 is 2.00 bits per heavy atom. The van der Waals surface area contributed by atoms with Crippen molar-refractivity contribution in [2.45, 2.75) is 25.9 Å². The largest absolute Gasteiger partial charge is 0.478 e. The minimum atomic E-state index is -4.75. The minimum Gasteiger partial charge on any atom is -0.478 e. The van der Waals surface area contributed by atoms with Crippen molar-refractivity contribution in [1.82, 2.24) is 10.2 Å². The fourth-order valence-corrected chi connectivity index (χ4v) is 1.19. The number of carbonyl (C=O) groups is 1. The average Bonchev–Trinajstić information content (AvgIpc) is 2.45. The van der Waals surface area contributed by atoms with Crippen LogP contribution in [0.2, 0.25) is 0 Å². The molecular weight excluding hydrogens is 213 g/mol. The molecule has 2 N–H and O–H groups in total. The van der Waals surface area contributed by atoms with Gasteiger partial charge in [0, 0.05) is 0 Å². The third kappa shape index (κ3) is 2.11. The standard InChI is InChI=1S/C8H9F3N2O2/c1-3(2)5-4(7(14)15)6(13-12-5)8(9,10)11/h3H,1-2H3,(H,12,13)(H,14,15). The lowest BCUT2D eigenvalue weighted by atomic mass is 10.0. The van der Waals surface area contributed by atoms with Crippen LogP contribution in [0.1, 0.15) is 41.5 Å². The van der Waals surface area contributed by atoms with Crippen LogP contribution in [0.3, 0.4) is 0 Å². The van der Waals surface area contributed by atoms with E-state index < -0.39 is 23.4 Å². The van der Waals surface area contributed by atoms with Crippen LogP contribution >= 0.6 is 0 Å². The summed E-state index contributed by atoms with van der Waals surface area (Å²) in [6.07, 6.45) is -4.75. The van der Waals surface area contributed by atoms with Gasteiger partial charge in [-0.15, -0.1) is 0 Å². The molecule has 7 heteroatoms. The molecule has 0 unspecified atom stereocenters. The van der Waals surface area contributed by atoms with Crippen molar-refractivity contribution >= 4 is 5.97 Å². The molecule has 1 rings (SSSR count). The smallest absolute Gasteiger partial charge is 0.436 e. The van der Waals surface area contributed by atoms with E-state index in [0.717, 1.165) is 0 Å². The van der Waals surface area contributed by atoms with Gasteiger partial charge in [-0.2, -0.15) is 18.3 Å². The first-order valence-corrected chi connectivity index (χ1v) is 4.14. The summed E-state index contributed by atoms with van der Waals surface area (Å²) in [7, 11) is 0. The third-order valence-corrected chi connectivity index (χ3v) is 1.85. The molecule has 15 heavy (non-hydrogen) atoms. The maximum Gasteiger partial charge on any atom is 0.436 e. The second-order valence-electron chi connectivity index (χ2n) is 3.32. The summed E-state index contributed by atoms with van der Waals surface area (Å²) >= 11 is 0. The normalized spacial score (nSPS) is 12.1. The Bertz CT molecular complexity index is 382. The highest BCUT2D eigenvalue weighted by Gasteiger charge is 2.40. The summed E-state index contributed by atoms with van der Waals surface area (Å²) in [5, 5.41) is 13.8. The number of nitrogens with zero attached hydrogens (tertiary/aromatic N) is 1. The number of carboxylic acids is 1. The molecule has 0 spiro atoms. The average molecular weight is 222 g/mol. The number of hydrogen-bond donors (Lipinski definition) is 2. The molecule has 0 radical (unpaired) electrons. The summed E-state index contributed by atoms with van der Waals surface area (Å²) in [6.45, 7) is 3.17. The molecule has 0 aliphatic carbocycles. The predicted molar refractivity (Wildman–Crippen MR) is 44.6 cm³/mol. The van der Waals surface area contributed by atoms with Crippen LogP contribution in [0.5, 0.6) is 0 Å². The Hall–Kier alpha value is -1.53. The fraction of sp³-hybridized carbons (Fsp3) is 0.500. The number of alkyl halides is 3. The zero-order valence-corrected chi connectivity index (χ0v) is 8.01. The fourth-order valence-electron chi connectivity index (χ4n) is 1.19. The number of aromatic amines is 1. The minimum absolute atomic E-state index is 0.0187. The summed E-state index contributed by atoms with van der Waals surface area (Å²) in [5.41, 5.74) is -2.19. The summed E-state index contributed by atoms with van der Waals surface area (Å²) in [4.78, 5) is 10.7. The van der Waals surface area contributed by atoms with E-state index in [1.807, 2.05) is 0 Å². The molecule has 0 fully saturated rings. The number of H-pyrrole nitrogens is 1. The van der Waals surface area contributed by atoms with Gasteiger partial charge in [0.1, 0.15) is 5.56 Å². The lowest BCUT2D eigenvalue weighted by molar-refractivity contribution is -0.141. The highest BCUT2D eigenvalue weighted by molar-refractivity contribution is 5.90. The Morgan fingerprint density at radius 3 is 2.33 bits per heavy atom. The van der Waals surface area contributed by atoms with E-state index in [9.17, 15) is 18.0 Å². The molecule has 0 aliphatic heterocycles. The second kappa shape index (κ2) is 3.56. The van der Waals surface area contributed by atoms with Crippen molar-refractivity contribution in [2.24, 2.45) is 0 Å². The Morgan fingerprint density at radius 1 is 1.47 bits per heavy atom. The zero-order valence-electron chi connectivity index (χ0n) is 8.01. The highest BCUT2D eigenvalue weighted by atomic mass is 19.4. The van der Waals surface area contributed by atoms with Gasteiger partial charge in [0.15, 0.2) is 5.69 Å². The van der Waals surface area contributed by atoms with Crippen LogP contribution in [0.15, 0.2) is 0 Å². The second-order valence-corrected chi connectivity index (χ2v) is 3.32. The molecule has 84 valence electrons. The zero-order chi connectivity index (χ0) is 11.8. The molecule has 0 saturated carbocycles. The van der Waals surface area contributed by atoms with E-state index in [1.165, 1.54) is 0 Å². The molecular formula is C8H9F3N2O2. The molecule has 1 aromatic rings. The van der Waals surface area contributed by atoms with Gasteiger partial charge in [0.25, 0.3) is 0 Å². The van der Waals surface area contributed by atoms with E-state index in [1.54, 1.807) is 13.8 Å². The summed E-state index contributed by atoms with van der Waals surface area (Å²) in [5.74, 6) is -1.99. The monoisotopic (exact) mass is 222 g/mol. The van der Waals surface area contributed by atoms with Gasteiger partial charge in [-0.25, -0.2) is 4.79 Å². The third-order valence-electron chi connectivity index (χ3n) is 1.85. The summed E-state index contributed by atoms with van der Waals surface area (Å²) < 4.78 is 37.0. The van der Waals surface area contributed by atoms with E-state index >= 15 is 0 Å². The van der Waals surface area contributed by atoms with E-state index in [2.05, 4.69) is 10.2 Å². The van der Waals surface area contributed by atoms with Crippen LogP contribution < -0.4 is 0 Å². The van der Waals surface area contributed by atoms with Crippen molar-refractivity contribution in [3.8, 4) is 0 Å². The number of hydrogen-bond acceptors (Lipinski definition) is 2. The van der Waals surface area contributed by atoms with Gasteiger partial charge < -0.3 is 5.11 Å². The Labute approximate surface area is 83.1 Å². The van der Waals surface area contributed by atoms with Gasteiger partial charge in [0.05, 0.1) is 5.69 Å². The van der Waals surface area contributed by atoms with E-state index in [-0.39, 0.29) is 11.6 Å². The van der Waals surface area contributed by atoms with Gasteiger partial charge in [-0.1, -0.05) is 13.8 Å². The first-order valence-electron chi connectivity index (χ1n) is 4.14. The lowest BCUT2D eigenvalue weighted by Gasteiger charge is -2.05. The predicted octanol–water partition coefficient (Wildman–Crippen LogP) is 2.25. The molecule has 0 atom stereocenters. The SMILES string of the molecule is CC(C)c1[nH]nc(C(F)(F)F)c1C(=O)O. The topological polar surface area (TPSA) is 66.0 Å². The van der Waals surface area contributed by atoms with Crippen molar-refractivity contribution in [3.63, 3.8) is 0 Å². The molecule has 0 aliphatic rings. The van der Waals surface area contributed by atoms with Crippen LogP contribution in [-0.4, -0.2) is 21.3 Å². The van der Waals surface area contributed by atoms with Crippen LogP contribution in [0.25, 0.3) is 0 Å². The number of halogens is 3. The van der Waals surface area contributed by atoms with Crippen LogP contribution in [0, 0.1) is 0 Å². The molecule has 0 saturated heterocycles. The van der Waals surface area contributed by atoms with Gasteiger partial charge in [-0.3, -0.25) is 5.10 Å². The van der Waals surface area contributed by atoms with E-state index in [4.69, 9.17) is 5.11 Å².